The van der Waals surface area contributed by atoms with Crippen molar-refractivity contribution in [2.24, 2.45) is 5.92 Å². The molecule has 7 heteroatoms. The Labute approximate surface area is 124 Å². The Balaban J connectivity index is 2.78. The summed E-state index contributed by atoms with van der Waals surface area (Å²) in [4.78, 5) is 0. The molecular formula is C14H21F2NO3S. The Morgan fingerprint density at radius 1 is 1.24 bits per heavy atom. The van der Waals surface area contributed by atoms with Crippen molar-refractivity contribution in [3.8, 4) is 0 Å². The lowest BCUT2D eigenvalue weighted by molar-refractivity contribution is 0.146. The third-order valence-corrected chi connectivity index (χ3v) is 5.06. The van der Waals surface area contributed by atoms with E-state index in [0.29, 0.717) is 0 Å². The normalized spacial score (nSPS) is 16.5. The van der Waals surface area contributed by atoms with E-state index in [-0.39, 0.29) is 17.2 Å². The van der Waals surface area contributed by atoms with Crippen LogP contribution in [0.2, 0.25) is 0 Å². The highest BCUT2D eigenvalue weighted by molar-refractivity contribution is 7.89. The third kappa shape index (κ3) is 5.33. The molecule has 1 rings (SSSR count). The topological polar surface area (TPSA) is 66.4 Å². The van der Waals surface area contributed by atoms with Crippen LogP contribution in [0.3, 0.4) is 0 Å². The smallest absolute Gasteiger partial charge is 0.212 e. The number of nitrogens with one attached hydrogen (secondary N) is 1. The van der Waals surface area contributed by atoms with Crippen molar-refractivity contribution in [3.05, 3.63) is 35.4 Å². The second-order valence-electron chi connectivity index (χ2n) is 5.32. The second kappa shape index (κ2) is 7.29. The van der Waals surface area contributed by atoms with Crippen molar-refractivity contribution in [1.29, 1.82) is 0 Å². The summed E-state index contributed by atoms with van der Waals surface area (Å²) in [6.07, 6.45) is -0.534. The third-order valence-electron chi connectivity index (χ3n) is 3.33. The molecule has 2 N–H and O–H groups in total. The van der Waals surface area contributed by atoms with Gasteiger partial charge < -0.3 is 5.11 Å². The van der Waals surface area contributed by atoms with Crippen LogP contribution in [-0.2, 0) is 10.0 Å². The zero-order chi connectivity index (χ0) is 16.2. The maximum absolute atomic E-state index is 13.1. The number of halogens is 2. The van der Waals surface area contributed by atoms with E-state index in [1.807, 2.05) is 13.8 Å². The van der Waals surface area contributed by atoms with Crippen molar-refractivity contribution in [2.75, 3.05) is 5.75 Å². The van der Waals surface area contributed by atoms with Crippen molar-refractivity contribution in [3.63, 3.8) is 0 Å². The molecule has 0 spiro atoms. The van der Waals surface area contributed by atoms with Gasteiger partial charge in [0.05, 0.1) is 11.9 Å². The highest BCUT2D eigenvalue weighted by atomic mass is 32.2. The fourth-order valence-corrected chi connectivity index (χ4v) is 3.65. The van der Waals surface area contributed by atoms with Crippen molar-refractivity contribution >= 4 is 10.0 Å². The highest BCUT2D eigenvalue weighted by Crippen LogP contribution is 2.20. The Morgan fingerprint density at radius 2 is 1.86 bits per heavy atom. The van der Waals surface area contributed by atoms with Crippen molar-refractivity contribution in [1.82, 2.24) is 4.72 Å². The van der Waals surface area contributed by atoms with Crippen LogP contribution in [0.5, 0.6) is 0 Å². The van der Waals surface area contributed by atoms with E-state index < -0.39 is 33.8 Å². The van der Waals surface area contributed by atoms with Crippen LogP contribution in [0.4, 0.5) is 8.78 Å². The van der Waals surface area contributed by atoms with Gasteiger partial charge in [-0.2, -0.15) is 0 Å². The molecule has 0 radical (unpaired) electrons. The molecule has 3 unspecified atom stereocenters. The number of aliphatic hydroxyl groups excluding tert-OH is 1. The average molecular weight is 321 g/mol. The summed E-state index contributed by atoms with van der Waals surface area (Å²) in [6, 6.07) is 2.14. The lowest BCUT2D eigenvalue weighted by atomic mass is 10.0. The number of hydrogen-bond donors (Lipinski definition) is 2. The predicted molar refractivity (Wildman–Crippen MR) is 77.2 cm³/mol. The van der Waals surface area contributed by atoms with Crippen LogP contribution < -0.4 is 4.72 Å². The monoisotopic (exact) mass is 321 g/mol. The van der Waals surface area contributed by atoms with Gasteiger partial charge in [0.2, 0.25) is 10.0 Å². The van der Waals surface area contributed by atoms with Gasteiger partial charge in [-0.1, -0.05) is 26.3 Å². The maximum Gasteiger partial charge on any atom is 0.212 e. The van der Waals surface area contributed by atoms with Gasteiger partial charge in [0, 0.05) is 6.04 Å². The molecule has 120 valence electrons. The minimum Gasteiger partial charge on any atom is -0.387 e. The van der Waals surface area contributed by atoms with E-state index in [1.54, 1.807) is 0 Å². The second-order valence-corrected chi connectivity index (χ2v) is 7.12. The Morgan fingerprint density at radius 3 is 2.38 bits per heavy atom. The summed E-state index contributed by atoms with van der Waals surface area (Å²) in [5, 5.41) is 10.0. The van der Waals surface area contributed by atoms with Crippen LogP contribution in [0.1, 0.15) is 38.9 Å². The lowest BCUT2D eigenvalue weighted by Gasteiger charge is -2.21. The molecule has 4 nitrogen and oxygen atoms in total. The summed E-state index contributed by atoms with van der Waals surface area (Å²) >= 11 is 0. The fraction of sp³-hybridized carbons (Fsp3) is 0.571. The first kappa shape index (κ1) is 18.0. The van der Waals surface area contributed by atoms with E-state index in [9.17, 15) is 22.3 Å². The molecule has 0 amide bonds. The molecule has 0 fully saturated rings. The standard InChI is InChI=1S/C14H21F2NO3S/c1-4-9(2)8-21(19,20)17-10(3)14(18)11-5-6-12(15)13(16)7-11/h5-7,9-10,14,17-18H,4,8H2,1-3H3. The van der Waals surface area contributed by atoms with E-state index in [4.69, 9.17) is 0 Å². The average Bonchev–Trinajstić information content (AvgIpc) is 2.39. The van der Waals surface area contributed by atoms with Gasteiger partial charge in [0.15, 0.2) is 11.6 Å². The molecule has 0 aliphatic carbocycles. The first-order valence-electron chi connectivity index (χ1n) is 6.79. The largest absolute Gasteiger partial charge is 0.387 e. The fourth-order valence-electron chi connectivity index (χ4n) is 1.87. The Bertz CT molecular complexity index is 578. The quantitative estimate of drug-likeness (QED) is 0.810. The molecule has 0 saturated carbocycles. The zero-order valence-electron chi connectivity index (χ0n) is 12.3. The first-order valence-corrected chi connectivity index (χ1v) is 8.44. The molecule has 21 heavy (non-hydrogen) atoms. The molecular weight excluding hydrogens is 300 g/mol. The summed E-state index contributed by atoms with van der Waals surface area (Å²) in [5.41, 5.74) is 0.118. The molecule has 0 aliphatic heterocycles. The summed E-state index contributed by atoms with van der Waals surface area (Å²) in [6.45, 7) is 5.18. The maximum atomic E-state index is 13.1. The Kier molecular flexibility index (Phi) is 6.24. The van der Waals surface area contributed by atoms with Gasteiger partial charge in [-0.05, 0) is 30.5 Å². The van der Waals surface area contributed by atoms with Gasteiger partial charge in [-0.15, -0.1) is 0 Å². The van der Waals surface area contributed by atoms with Gasteiger partial charge in [0.25, 0.3) is 0 Å². The van der Waals surface area contributed by atoms with E-state index in [1.165, 1.54) is 13.0 Å². The van der Waals surface area contributed by atoms with Crippen LogP contribution in [0.25, 0.3) is 0 Å². The van der Waals surface area contributed by atoms with Crippen LogP contribution in [0, 0.1) is 17.6 Å². The SMILES string of the molecule is CCC(C)CS(=O)(=O)NC(C)C(O)c1ccc(F)c(F)c1. The number of benzene rings is 1. The number of sulfonamides is 1. The molecule has 0 saturated heterocycles. The van der Waals surface area contributed by atoms with E-state index in [0.717, 1.165) is 18.6 Å². The number of rotatable bonds is 7. The zero-order valence-corrected chi connectivity index (χ0v) is 13.1. The van der Waals surface area contributed by atoms with Gasteiger partial charge in [-0.3, -0.25) is 0 Å². The number of aliphatic hydroxyl groups is 1. The van der Waals surface area contributed by atoms with Crippen molar-refractivity contribution in [2.45, 2.75) is 39.3 Å². The van der Waals surface area contributed by atoms with Gasteiger partial charge in [-0.25, -0.2) is 21.9 Å². The highest BCUT2D eigenvalue weighted by Gasteiger charge is 2.24. The first-order chi connectivity index (χ1) is 9.66. The summed E-state index contributed by atoms with van der Waals surface area (Å²) < 4.78 is 52.2. The molecule has 1 aromatic rings. The number of hydrogen-bond acceptors (Lipinski definition) is 3. The molecule has 0 aromatic heterocycles. The van der Waals surface area contributed by atoms with Gasteiger partial charge >= 0.3 is 0 Å². The van der Waals surface area contributed by atoms with Crippen molar-refractivity contribution < 1.29 is 22.3 Å². The minimum atomic E-state index is -3.54. The lowest BCUT2D eigenvalue weighted by Crippen LogP contribution is -2.39. The van der Waals surface area contributed by atoms with Crippen LogP contribution >= 0.6 is 0 Å². The van der Waals surface area contributed by atoms with Gasteiger partial charge in [0.1, 0.15) is 0 Å². The molecule has 1 aromatic carbocycles. The van der Waals surface area contributed by atoms with E-state index in [2.05, 4.69) is 4.72 Å². The van der Waals surface area contributed by atoms with Crippen LogP contribution in [0.15, 0.2) is 18.2 Å². The Hall–Kier alpha value is -1.05. The summed E-state index contributed by atoms with van der Waals surface area (Å²) in [5.74, 6) is -2.15. The summed E-state index contributed by atoms with van der Waals surface area (Å²) in [7, 11) is -3.54. The molecule has 0 aliphatic rings. The molecule has 3 atom stereocenters. The molecule has 0 heterocycles. The van der Waals surface area contributed by atoms with E-state index >= 15 is 0 Å². The minimum absolute atomic E-state index is 0.00453. The predicted octanol–water partition coefficient (Wildman–Crippen LogP) is 2.35. The molecule has 0 bridgehead atoms. The van der Waals surface area contributed by atoms with Crippen LogP contribution in [-0.4, -0.2) is 25.3 Å².